The standard InChI is InChI=1S/C22H19N3O6/c1-29-17-8-7-13(9-19(17)30-2)18-10-14(24-31-18)11-23-20(26)12-25-21(27)15-5-3-4-6-16(15)22(25)28/h3-10H,11-12H2,1-2H3,(H,23,26). The van der Waals surface area contributed by atoms with Crippen molar-refractivity contribution in [2.45, 2.75) is 6.54 Å². The number of fused-ring (bicyclic) bond motifs is 1. The normalized spacial score (nSPS) is 12.6. The molecule has 158 valence electrons. The Morgan fingerprint density at radius 3 is 2.32 bits per heavy atom. The third-order valence-electron chi connectivity index (χ3n) is 4.87. The van der Waals surface area contributed by atoms with Crippen LogP contribution in [-0.2, 0) is 11.3 Å². The van der Waals surface area contributed by atoms with E-state index < -0.39 is 17.7 Å². The van der Waals surface area contributed by atoms with E-state index in [2.05, 4.69) is 10.5 Å². The summed E-state index contributed by atoms with van der Waals surface area (Å²) in [7, 11) is 3.09. The first-order chi connectivity index (χ1) is 15.0. The number of amides is 3. The molecule has 4 rings (SSSR count). The predicted octanol–water partition coefficient (Wildman–Crippen LogP) is 2.27. The van der Waals surface area contributed by atoms with Crippen LogP contribution in [0.2, 0.25) is 0 Å². The van der Waals surface area contributed by atoms with Gasteiger partial charge in [-0.2, -0.15) is 0 Å². The van der Waals surface area contributed by atoms with Crippen molar-refractivity contribution in [3.63, 3.8) is 0 Å². The van der Waals surface area contributed by atoms with Gasteiger partial charge in [-0.3, -0.25) is 19.3 Å². The van der Waals surface area contributed by atoms with Gasteiger partial charge in [0.1, 0.15) is 12.2 Å². The van der Waals surface area contributed by atoms with E-state index in [-0.39, 0.29) is 13.1 Å². The second-order valence-corrected chi connectivity index (χ2v) is 6.77. The van der Waals surface area contributed by atoms with Crippen molar-refractivity contribution >= 4 is 17.7 Å². The molecule has 1 aromatic heterocycles. The molecule has 0 radical (unpaired) electrons. The van der Waals surface area contributed by atoms with Crippen LogP contribution in [0.3, 0.4) is 0 Å². The summed E-state index contributed by atoms with van der Waals surface area (Å²) in [5, 5.41) is 6.59. The number of aromatic nitrogens is 1. The molecule has 9 heteroatoms. The highest BCUT2D eigenvalue weighted by atomic mass is 16.5. The second-order valence-electron chi connectivity index (χ2n) is 6.77. The van der Waals surface area contributed by atoms with Crippen molar-refractivity contribution in [3.05, 3.63) is 65.4 Å². The number of hydrogen-bond donors (Lipinski definition) is 1. The molecule has 3 amide bonds. The van der Waals surface area contributed by atoms with Gasteiger partial charge in [-0.05, 0) is 30.3 Å². The third kappa shape index (κ3) is 3.85. The predicted molar refractivity (Wildman–Crippen MR) is 109 cm³/mol. The topological polar surface area (TPSA) is 111 Å². The molecule has 1 N–H and O–H groups in total. The first-order valence-electron chi connectivity index (χ1n) is 9.41. The monoisotopic (exact) mass is 421 g/mol. The maximum Gasteiger partial charge on any atom is 0.262 e. The van der Waals surface area contributed by atoms with Crippen LogP contribution in [-0.4, -0.2) is 48.5 Å². The van der Waals surface area contributed by atoms with E-state index in [0.717, 1.165) is 10.5 Å². The number of nitrogens with zero attached hydrogens (tertiary/aromatic N) is 2. The van der Waals surface area contributed by atoms with Gasteiger partial charge in [-0.1, -0.05) is 17.3 Å². The lowest BCUT2D eigenvalue weighted by Gasteiger charge is -2.13. The average molecular weight is 421 g/mol. The third-order valence-corrected chi connectivity index (χ3v) is 4.87. The first-order valence-corrected chi connectivity index (χ1v) is 9.41. The number of benzene rings is 2. The molecule has 0 bridgehead atoms. The molecule has 0 saturated heterocycles. The van der Waals surface area contributed by atoms with E-state index >= 15 is 0 Å². The molecule has 9 nitrogen and oxygen atoms in total. The zero-order valence-electron chi connectivity index (χ0n) is 16.9. The summed E-state index contributed by atoms with van der Waals surface area (Å²) in [6.45, 7) is -0.286. The number of carbonyl (C=O) groups is 3. The van der Waals surface area contributed by atoms with Gasteiger partial charge >= 0.3 is 0 Å². The zero-order chi connectivity index (χ0) is 22.0. The number of methoxy groups -OCH3 is 2. The largest absolute Gasteiger partial charge is 0.493 e. The fraction of sp³-hybridized carbons (Fsp3) is 0.182. The molecule has 3 aromatic rings. The molecule has 2 heterocycles. The zero-order valence-corrected chi connectivity index (χ0v) is 16.9. The Hall–Kier alpha value is -4.14. The number of nitrogens with one attached hydrogen (secondary N) is 1. The molecule has 0 atom stereocenters. The van der Waals surface area contributed by atoms with Gasteiger partial charge in [-0.25, -0.2) is 0 Å². The Kier molecular flexibility index (Phi) is 5.40. The summed E-state index contributed by atoms with van der Waals surface area (Å²) in [6.07, 6.45) is 0. The maximum absolute atomic E-state index is 12.4. The summed E-state index contributed by atoms with van der Waals surface area (Å²) in [6, 6.07) is 13.5. The Morgan fingerprint density at radius 2 is 1.68 bits per heavy atom. The molecule has 0 unspecified atom stereocenters. The number of hydrogen-bond acceptors (Lipinski definition) is 7. The van der Waals surface area contributed by atoms with Crippen molar-refractivity contribution in [3.8, 4) is 22.8 Å². The minimum Gasteiger partial charge on any atom is -0.493 e. The van der Waals surface area contributed by atoms with Gasteiger partial charge in [0, 0.05) is 11.6 Å². The number of imide groups is 1. The van der Waals surface area contributed by atoms with E-state index in [1.54, 1.807) is 55.6 Å². The van der Waals surface area contributed by atoms with Gasteiger partial charge in [-0.15, -0.1) is 0 Å². The van der Waals surface area contributed by atoms with Crippen molar-refractivity contribution in [1.82, 2.24) is 15.4 Å². The summed E-state index contributed by atoms with van der Waals surface area (Å²) in [5.41, 5.74) is 1.82. The lowest BCUT2D eigenvalue weighted by molar-refractivity contribution is -0.121. The second kappa shape index (κ2) is 8.31. The molecular weight excluding hydrogens is 402 g/mol. The summed E-state index contributed by atoms with van der Waals surface area (Å²) < 4.78 is 15.9. The van der Waals surface area contributed by atoms with Gasteiger partial charge in [0.05, 0.1) is 31.9 Å². The highest BCUT2D eigenvalue weighted by Crippen LogP contribution is 2.32. The van der Waals surface area contributed by atoms with Gasteiger partial charge in [0.15, 0.2) is 17.3 Å². The SMILES string of the molecule is COc1ccc(-c2cc(CNC(=O)CN3C(=O)c4ccccc4C3=O)no2)cc1OC. The molecule has 1 aliphatic heterocycles. The van der Waals surface area contributed by atoms with Gasteiger partial charge in [0.2, 0.25) is 5.91 Å². The molecule has 0 fully saturated rings. The molecular formula is C22H19N3O6. The lowest BCUT2D eigenvalue weighted by Crippen LogP contribution is -2.40. The van der Waals surface area contributed by atoms with E-state index in [4.69, 9.17) is 14.0 Å². The van der Waals surface area contributed by atoms with Crippen molar-refractivity contribution < 1.29 is 28.4 Å². The molecule has 1 aliphatic rings. The average Bonchev–Trinajstić information content (AvgIpc) is 3.37. The fourth-order valence-corrected chi connectivity index (χ4v) is 3.29. The van der Waals surface area contributed by atoms with Gasteiger partial charge in [0.25, 0.3) is 11.8 Å². The Labute approximate surface area is 177 Å². The number of carbonyl (C=O) groups excluding carboxylic acids is 3. The molecule has 31 heavy (non-hydrogen) atoms. The van der Waals surface area contributed by atoms with Crippen LogP contribution < -0.4 is 14.8 Å². The summed E-state index contributed by atoms with van der Waals surface area (Å²) >= 11 is 0. The minimum absolute atomic E-state index is 0.0821. The summed E-state index contributed by atoms with van der Waals surface area (Å²) in [4.78, 5) is 37.9. The molecule has 2 aromatic carbocycles. The quantitative estimate of drug-likeness (QED) is 0.583. The van der Waals surface area contributed by atoms with Crippen molar-refractivity contribution in [2.24, 2.45) is 0 Å². The van der Waals surface area contributed by atoms with E-state index in [1.807, 2.05) is 0 Å². The smallest absolute Gasteiger partial charge is 0.262 e. The number of ether oxygens (including phenoxy) is 2. The van der Waals surface area contributed by atoms with E-state index in [0.29, 0.717) is 34.1 Å². The van der Waals surface area contributed by atoms with Crippen molar-refractivity contribution in [1.29, 1.82) is 0 Å². The van der Waals surface area contributed by atoms with Crippen LogP contribution in [0.4, 0.5) is 0 Å². The van der Waals surface area contributed by atoms with Crippen molar-refractivity contribution in [2.75, 3.05) is 20.8 Å². The Morgan fingerprint density at radius 1 is 1.00 bits per heavy atom. The highest BCUT2D eigenvalue weighted by molar-refractivity contribution is 6.22. The van der Waals surface area contributed by atoms with Crippen LogP contribution in [0, 0.1) is 0 Å². The van der Waals surface area contributed by atoms with E-state index in [1.165, 1.54) is 7.11 Å². The highest BCUT2D eigenvalue weighted by Gasteiger charge is 2.36. The molecule has 0 aliphatic carbocycles. The summed E-state index contributed by atoms with van der Waals surface area (Å²) in [5.74, 6) is 0.190. The van der Waals surface area contributed by atoms with Crippen LogP contribution in [0.15, 0.2) is 53.1 Å². The van der Waals surface area contributed by atoms with Crippen LogP contribution in [0.5, 0.6) is 11.5 Å². The first kappa shape index (κ1) is 20.1. The number of rotatable bonds is 7. The van der Waals surface area contributed by atoms with Crippen LogP contribution in [0.25, 0.3) is 11.3 Å². The maximum atomic E-state index is 12.4. The van der Waals surface area contributed by atoms with Crippen LogP contribution >= 0.6 is 0 Å². The molecule has 0 spiro atoms. The lowest BCUT2D eigenvalue weighted by atomic mass is 10.1. The van der Waals surface area contributed by atoms with E-state index in [9.17, 15) is 14.4 Å². The Balaban J connectivity index is 1.38. The fourth-order valence-electron chi connectivity index (χ4n) is 3.29. The Bertz CT molecular complexity index is 1130. The van der Waals surface area contributed by atoms with Crippen LogP contribution in [0.1, 0.15) is 26.4 Å². The molecule has 0 saturated carbocycles. The minimum atomic E-state index is -0.481. The van der Waals surface area contributed by atoms with Gasteiger partial charge < -0.3 is 19.3 Å².